The summed E-state index contributed by atoms with van der Waals surface area (Å²) in [5, 5.41) is 19.2. The average molecular weight is 377 g/mol. The minimum absolute atomic E-state index is 0.0372. The molecule has 0 bridgehead atoms. The van der Waals surface area contributed by atoms with Gasteiger partial charge in [0.1, 0.15) is 0 Å². The van der Waals surface area contributed by atoms with Crippen LogP contribution in [-0.2, 0) is 4.79 Å². The first-order valence-electron chi connectivity index (χ1n) is 11.8. The summed E-state index contributed by atoms with van der Waals surface area (Å²) in [4.78, 5) is 11.1. The van der Waals surface area contributed by atoms with Gasteiger partial charge in [0, 0.05) is 6.42 Å². The van der Waals surface area contributed by atoms with Crippen molar-refractivity contribution >= 4 is 5.97 Å². The molecule has 0 spiro atoms. The van der Waals surface area contributed by atoms with Crippen LogP contribution in [0.2, 0.25) is 0 Å². The second-order valence-corrected chi connectivity index (χ2v) is 10.9. The third kappa shape index (κ3) is 3.58. The second-order valence-electron chi connectivity index (χ2n) is 10.9. The van der Waals surface area contributed by atoms with Gasteiger partial charge in [-0.2, -0.15) is 0 Å². The molecule has 0 aromatic carbocycles. The first-order chi connectivity index (χ1) is 12.9. The number of aliphatic hydroxyl groups excluding tert-OH is 1. The molecule has 154 valence electrons. The summed E-state index contributed by atoms with van der Waals surface area (Å²) < 4.78 is 0. The third-order valence-corrected chi connectivity index (χ3v) is 9.74. The molecule has 0 radical (unpaired) electrons. The number of aliphatic hydroxyl groups is 1. The molecule has 0 aliphatic heterocycles. The van der Waals surface area contributed by atoms with Crippen LogP contribution in [0, 0.1) is 46.8 Å². The number of rotatable bonds is 4. The third-order valence-electron chi connectivity index (χ3n) is 9.74. The van der Waals surface area contributed by atoms with E-state index in [2.05, 4.69) is 13.8 Å². The lowest BCUT2D eigenvalue weighted by Gasteiger charge is -2.50. The van der Waals surface area contributed by atoms with E-state index >= 15 is 0 Å². The summed E-state index contributed by atoms with van der Waals surface area (Å²) in [6, 6.07) is 0. The Morgan fingerprint density at radius 2 is 1.81 bits per heavy atom. The van der Waals surface area contributed by atoms with E-state index in [0.717, 1.165) is 48.9 Å². The predicted octanol–water partition coefficient (Wildman–Crippen LogP) is 5.51. The Hall–Kier alpha value is -0.570. The first-order valence-corrected chi connectivity index (χ1v) is 11.8. The Morgan fingerprint density at radius 3 is 2.59 bits per heavy atom. The molecule has 4 saturated carbocycles. The first kappa shape index (κ1) is 19.7. The van der Waals surface area contributed by atoms with Crippen LogP contribution in [0.25, 0.3) is 0 Å². The van der Waals surface area contributed by atoms with Crippen molar-refractivity contribution in [3.63, 3.8) is 0 Å². The summed E-state index contributed by atoms with van der Waals surface area (Å²) >= 11 is 0. The van der Waals surface area contributed by atoms with Crippen LogP contribution in [-0.4, -0.2) is 22.3 Å². The molecule has 2 N–H and O–H groups in total. The normalized spacial score (nSPS) is 48.0. The number of carboxylic acid groups (broad SMARTS) is 1. The molecule has 3 nitrogen and oxygen atoms in total. The van der Waals surface area contributed by atoms with Crippen LogP contribution in [0.3, 0.4) is 0 Å². The molecular formula is C24H40O3. The van der Waals surface area contributed by atoms with Gasteiger partial charge >= 0.3 is 5.97 Å². The van der Waals surface area contributed by atoms with Gasteiger partial charge in [0.25, 0.3) is 0 Å². The van der Waals surface area contributed by atoms with Crippen LogP contribution in [0.1, 0.15) is 90.9 Å². The van der Waals surface area contributed by atoms with Crippen molar-refractivity contribution in [2.24, 2.45) is 46.8 Å². The highest BCUT2D eigenvalue weighted by Crippen LogP contribution is 2.63. The Balaban J connectivity index is 1.51. The van der Waals surface area contributed by atoms with E-state index in [4.69, 9.17) is 5.11 Å². The van der Waals surface area contributed by atoms with Gasteiger partial charge in [-0.3, -0.25) is 4.79 Å². The molecule has 0 aromatic heterocycles. The zero-order chi connectivity index (χ0) is 19.2. The number of fused-ring (bicyclic) bond motifs is 5. The van der Waals surface area contributed by atoms with E-state index in [0.29, 0.717) is 23.7 Å². The number of carbonyl (C=O) groups is 1. The van der Waals surface area contributed by atoms with Crippen molar-refractivity contribution in [2.75, 3.05) is 0 Å². The molecule has 0 aromatic rings. The summed E-state index contributed by atoms with van der Waals surface area (Å²) in [5.41, 5.74) is 0.429. The fraction of sp³-hybridized carbons (Fsp3) is 0.958. The lowest BCUT2D eigenvalue weighted by atomic mass is 9.55. The van der Waals surface area contributed by atoms with E-state index in [9.17, 15) is 9.90 Å². The molecular weight excluding hydrogens is 336 g/mol. The van der Waals surface area contributed by atoms with Crippen molar-refractivity contribution in [3.05, 3.63) is 0 Å². The van der Waals surface area contributed by atoms with Crippen molar-refractivity contribution in [1.29, 1.82) is 0 Å². The maximum atomic E-state index is 11.1. The molecule has 27 heavy (non-hydrogen) atoms. The fourth-order valence-corrected chi connectivity index (χ4v) is 8.60. The number of aliphatic carboxylic acids is 1. The van der Waals surface area contributed by atoms with Gasteiger partial charge in [0.05, 0.1) is 6.10 Å². The van der Waals surface area contributed by atoms with E-state index in [1.54, 1.807) is 0 Å². The SMILES string of the molecule is C[C@@H](CCC(=O)O)[C@@H]1CC[C@@H]2C3CCC4C[C@@H](O)CCC4[C@H]3CCC[C@]21C. The largest absolute Gasteiger partial charge is 0.481 e. The van der Waals surface area contributed by atoms with Crippen LogP contribution >= 0.6 is 0 Å². The van der Waals surface area contributed by atoms with Crippen molar-refractivity contribution in [1.82, 2.24) is 0 Å². The van der Waals surface area contributed by atoms with E-state index in [1.165, 1.54) is 51.4 Å². The molecule has 0 heterocycles. The topological polar surface area (TPSA) is 57.5 Å². The Morgan fingerprint density at radius 1 is 1.04 bits per heavy atom. The summed E-state index contributed by atoms with van der Waals surface area (Å²) in [6.45, 7) is 4.90. The summed E-state index contributed by atoms with van der Waals surface area (Å²) in [5.74, 6) is 4.92. The van der Waals surface area contributed by atoms with Crippen LogP contribution in [0.4, 0.5) is 0 Å². The van der Waals surface area contributed by atoms with Crippen LogP contribution in [0.5, 0.6) is 0 Å². The van der Waals surface area contributed by atoms with Gasteiger partial charge in [0.2, 0.25) is 0 Å². The molecule has 0 saturated heterocycles. The lowest BCUT2D eigenvalue weighted by Crippen LogP contribution is -2.44. The standard InChI is InChI=1S/C24H40O3/c1-15(5-12-23(26)27)21-10-11-22-20-8-6-16-14-17(25)7-9-18(16)19(20)4-3-13-24(21,22)2/h15-22,25H,3-14H2,1-2H3,(H,26,27)/t15-,16?,17-,18?,19+,20?,21-,22+,24-/m0/s1. The van der Waals surface area contributed by atoms with Crippen LogP contribution in [0.15, 0.2) is 0 Å². The summed E-state index contributed by atoms with van der Waals surface area (Å²) in [7, 11) is 0. The van der Waals surface area contributed by atoms with E-state index < -0.39 is 5.97 Å². The van der Waals surface area contributed by atoms with Gasteiger partial charge in [-0.1, -0.05) is 20.3 Å². The predicted molar refractivity (Wildman–Crippen MR) is 107 cm³/mol. The van der Waals surface area contributed by atoms with Gasteiger partial charge in [-0.05, 0) is 111 Å². The molecule has 4 rings (SSSR count). The molecule has 9 atom stereocenters. The van der Waals surface area contributed by atoms with Gasteiger partial charge in [-0.25, -0.2) is 0 Å². The van der Waals surface area contributed by atoms with Crippen molar-refractivity contribution in [2.45, 2.75) is 97.0 Å². The number of hydrogen-bond donors (Lipinski definition) is 2. The van der Waals surface area contributed by atoms with Crippen molar-refractivity contribution < 1.29 is 15.0 Å². The Kier molecular flexibility index (Phi) is 5.62. The smallest absolute Gasteiger partial charge is 0.303 e. The fourth-order valence-electron chi connectivity index (χ4n) is 8.60. The van der Waals surface area contributed by atoms with Gasteiger partial charge < -0.3 is 10.2 Å². The zero-order valence-electron chi connectivity index (χ0n) is 17.4. The minimum atomic E-state index is -0.639. The monoisotopic (exact) mass is 376 g/mol. The molecule has 4 fully saturated rings. The number of hydrogen-bond acceptors (Lipinski definition) is 2. The number of carboxylic acids is 1. The molecule has 0 amide bonds. The maximum absolute atomic E-state index is 11.1. The van der Waals surface area contributed by atoms with E-state index in [1.807, 2.05) is 0 Å². The zero-order valence-corrected chi connectivity index (χ0v) is 17.4. The average Bonchev–Trinajstić information content (AvgIpc) is 2.89. The quantitative estimate of drug-likeness (QED) is 0.680. The minimum Gasteiger partial charge on any atom is -0.481 e. The van der Waals surface area contributed by atoms with Crippen molar-refractivity contribution in [3.8, 4) is 0 Å². The highest BCUT2D eigenvalue weighted by molar-refractivity contribution is 5.66. The molecule has 4 aliphatic rings. The highest BCUT2D eigenvalue weighted by atomic mass is 16.4. The molecule has 3 unspecified atom stereocenters. The van der Waals surface area contributed by atoms with Gasteiger partial charge in [-0.15, -0.1) is 0 Å². The lowest BCUT2D eigenvalue weighted by molar-refractivity contribution is -0.137. The molecule has 4 aliphatic carbocycles. The Bertz CT molecular complexity index is 546. The Labute approximate surface area is 165 Å². The second kappa shape index (κ2) is 7.69. The maximum Gasteiger partial charge on any atom is 0.303 e. The highest BCUT2D eigenvalue weighted by Gasteiger charge is 2.55. The molecule has 3 heteroatoms. The summed E-state index contributed by atoms with van der Waals surface area (Å²) in [6.07, 6.45) is 14.0. The van der Waals surface area contributed by atoms with Gasteiger partial charge in [0.15, 0.2) is 0 Å². The van der Waals surface area contributed by atoms with E-state index in [-0.39, 0.29) is 6.10 Å². The van der Waals surface area contributed by atoms with Crippen LogP contribution < -0.4 is 0 Å².